The fraction of sp³-hybridized carbons (Fsp3) is 0.500. The van der Waals surface area contributed by atoms with Gasteiger partial charge in [-0.15, -0.1) is 0 Å². The largest absolute Gasteiger partial charge is 0.391 e. The van der Waals surface area contributed by atoms with Crippen LogP contribution < -0.4 is 4.90 Å². The van der Waals surface area contributed by atoms with Crippen molar-refractivity contribution in [3.8, 4) is 22.6 Å². The first-order valence-corrected chi connectivity index (χ1v) is 13.6. The van der Waals surface area contributed by atoms with Crippen LogP contribution in [0.2, 0.25) is 0 Å². The number of aliphatic hydroxyl groups is 1. The topological polar surface area (TPSA) is 120 Å². The number of piperazine rings is 1. The molecule has 1 aromatic carbocycles. The van der Waals surface area contributed by atoms with Crippen molar-refractivity contribution < 1.29 is 23.8 Å². The summed E-state index contributed by atoms with van der Waals surface area (Å²) in [6.07, 6.45) is 0.991. The minimum absolute atomic E-state index is 0.0907. The van der Waals surface area contributed by atoms with E-state index in [0.29, 0.717) is 53.9 Å². The molecule has 1 atom stereocenters. The number of hydrogen-bond acceptors (Lipinski definition) is 9. The van der Waals surface area contributed by atoms with Gasteiger partial charge in [0.15, 0.2) is 5.82 Å². The quantitative estimate of drug-likeness (QED) is 0.491. The molecule has 11 nitrogen and oxygen atoms in total. The van der Waals surface area contributed by atoms with Crippen molar-refractivity contribution in [3.63, 3.8) is 0 Å². The maximum atomic E-state index is 13.7. The molecule has 3 aliphatic heterocycles. The number of likely N-dealkylation sites (tertiary alicyclic amines) is 1. The number of hydrogen-bond donors (Lipinski definition) is 2. The fourth-order valence-corrected chi connectivity index (χ4v) is 5.35. The first-order valence-electron chi connectivity index (χ1n) is 13.6. The Bertz CT molecular complexity index is 1350. The van der Waals surface area contributed by atoms with Gasteiger partial charge in [-0.1, -0.05) is 0 Å². The van der Waals surface area contributed by atoms with Gasteiger partial charge in [-0.25, -0.2) is 19.3 Å². The second-order valence-electron chi connectivity index (χ2n) is 11.1. The lowest BCUT2D eigenvalue weighted by Crippen LogP contribution is -2.49. The molecule has 12 heteroatoms. The van der Waals surface area contributed by atoms with Crippen LogP contribution in [0.25, 0.3) is 22.6 Å². The number of nitrogens with zero attached hydrogens (tertiary/aromatic N) is 6. The number of benzene rings is 1. The van der Waals surface area contributed by atoms with Crippen LogP contribution >= 0.6 is 0 Å². The van der Waals surface area contributed by atoms with Crippen LogP contribution in [0, 0.1) is 11.2 Å². The zero-order valence-corrected chi connectivity index (χ0v) is 22.7. The molecule has 0 aliphatic carbocycles. The molecule has 212 valence electrons. The number of imidazole rings is 1. The van der Waals surface area contributed by atoms with Crippen LogP contribution in [-0.4, -0.2) is 106 Å². The van der Waals surface area contributed by atoms with Crippen LogP contribution in [0.4, 0.5) is 10.3 Å². The summed E-state index contributed by atoms with van der Waals surface area (Å²) in [4.78, 5) is 36.7. The van der Waals surface area contributed by atoms with E-state index in [1.807, 2.05) is 13.0 Å². The molecule has 2 aromatic heterocycles. The Balaban J connectivity index is 1.27. The van der Waals surface area contributed by atoms with Crippen LogP contribution in [-0.2, 0) is 14.3 Å². The molecule has 1 amide bonds. The minimum atomic E-state index is -0.861. The van der Waals surface area contributed by atoms with Crippen molar-refractivity contribution >= 4 is 11.9 Å². The lowest BCUT2D eigenvalue weighted by atomic mass is 9.90. The molecule has 3 aromatic rings. The van der Waals surface area contributed by atoms with E-state index in [0.717, 1.165) is 26.2 Å². The summed E-state index contributed by atoms with van der Waals surface area (Å²) < 4.78 is 25.8. The van der Waals surface area contributed by atoms with Crippen molar-refractivity contribution in [1.29, 1.82) is 0 Å². The van der Waals surface area contributed by atoms with Gasteiger partial charge in [-0.2, -0.15) is 0 Å². The highest BCUT2D eigenvalue weighted by atomic mass is 19.1. The average molecular weight is 552 g/mol. The van der Waals surface area contributed by atoms with E-state index in [-0.39, 0.29) is 24.9 Å². The third-order valence-electron chi connectivity index (χ3n) is 7.82. The van der Waals surface area contributed by atoms with Gasteiger partial charge in [0.05, 0.1) is 41.8 Å². The highest BCUT2D eigenvalue weighted by Gasteiger charge is 2.44. The summed E-state index contributed by atoms with van der Waals surface area (Å²) in [5.74, 6) is 0.638. The number of anilines is 1. The molecule has 5 heterocycles. The van der Waals surface area contributed by atoms with Crippen molar-refractivity contribution in [2.24, 2.45) is 5.41 Å². The predicted octanol–water partition coefficient (Wildman–Crippen LogP) is 2.07. The SMILES string of the molecule is CN1CCN(c2nccc(-c3[nH]c(C4OCC(C)(C(=O)N5CCC(O)C5)CO4)nc3-c3ccc(F)cc3)n2)CC1. The van der Waals surface area contributed by atoms with E-state index in [1.54, 1.807) is 23.2 Å². The van der Waals surface area contributed by atoms with Crippen molar-refractivity contribution in [2.45, 2.75) is 25.7 Å². The average Bonchev–Trinajstić information content (AvgIpc) is 3.61. The number of carbonyl (C=O) groups is 1. The van der Waals surface area contributed by atoms with Crippen LogP contribution in [0.1, 0.15) is 25.5 Å². The van der Waals surface area contributed by atoms with Crippen LogP contribution in [0.15, 0.2) is 36.5 Å². The number of aromatic amines is 1. The molecule has 40 heavy (non-hydrogen) atoms. The summed E-state index contributed by atoms with van der Waals surface area (Å²) >= 11 is 0. The summed E-state index contributed by atoms with van der Waals surface area (Å²) in [5.41, 5.74) is 1.72. The normalized spacial score (nSPS) is 25.9. The maximum absolute atomic E-state index is 13.7. The Labute approximate surface area is 231 Å². The Morgan fingerprint density at radius 1 is 1.07 bits per heavy atom. The van der Waals surface area contributed by atoms with E-state index in [1.165, 1.54) is 12.1 Å². The van der Waals surface area contributed by atoms with Crippen LogP contribution in [0.5, 0.6) is 0 Å². The highest BCUT2D eigenvalue weighted by molar-refractivity contribution is 5.83. The van der Waals surface area contributed by atoms with E-state index in [2.05, 4.69) is 26.8 Å². The molecule has 3 fully saturated rings. The number of halogens is 1. The number of aliphatic hydroxyl groups excluding tert-OH is 1. The fourth-order valence-electron chi connectivity index (χ4n) is 5.35. The molecule has 0 spiro atoms. The number of ether oxygens (including phenoxy) is 2. The molecule has 2 N–H and O–H groups in total. The van der Waals surface area contributed by atoms with E-state index in [4.69, 9.17) is 19.4 Å². The molecule has 0 bridgehead atoms. The molecule has 3 aliphatic rings. The lowest BCUT2D eigenvalue weighted by molar-refractivity contribution is -0.234. The molecular weight excluding hydrogens is 517 g/mol. The molecule has 3 saturated heterocycles. The van der Waals surface area contributed by atoms with E-state index < -0.39 is 17.8 Å². The van der Waals surface area contributed by atoms with Gasteiger partial charge in [-0.05, 0) is 50.7 Å². The van der Waals surface area contributed by atoms with Gasteiger partial charge in [-0.3, -0.25) is 4.79 Å². The number of aromatic nitrogens is 4. The number of likely N-dealkylation sites (N-methyl/N-ethyl adjacent to an activating group) is 1. The smallest absolute Gasteiger partial charge is 0.233 e. The van der Waals surface area contributed by atoms with Crippen molar-refractivity contribution in [2.75, 3.05) is 64.4 Å². The Morgan fingerprint density at radius 3 is 2.48 bits per heavy atom. The number of rotatable bonds is 5. The summed E-state index contributed by atoms with van der Waals surface area (Å²) in [7, 11) is 2.10. The zero-order valence-electron chi connectivity index (χ0n) is 22.7. The highest BCUT2D eigenvalue weighted by Crippen LogP contribution is 2.36. The first kappa shape index (κ1) is 26.8. The van der Waals surface area contributed by atoms with E-state index in [9.17, 15) is 14.3 Å². The molecule has 0 radical (unpaired) electrons. The first-order chi connectivity index (χ1) is 19.3. The monoisotopic (exact) mass is 551 g/mol. The van der Waals surface area contributed by atoms with Gasteiger partial charge >= 0.3 is 0 Å². The van der Waals surface area contributed by atoms with Crippen molar-refractivity contribution in [3.05, 3.63) is 48.2 Å². The Hall–Kier alpha value is -3.45. The van der Waals surface area contributed by atoms with Gasteiger partial charge in [0.1, 0.15) is 5.82 Å². The number of amides is 1. The summed E-state index contributed by atoms with van der Waals surface area (Å²) in [6.45, 7) is 6.48. The van der Waals surface area contributed by atoms with Gasteiger partial charge in [0.25, 0.3) is 0 Å². The summed E-state index contributed by atoms with van der Waals surface area (Å²) in [5, 5.41) is 9.85. The maximum Gasteiger partial charge on any atom is 0.233 e. The number of H-pyrrole nitrogens is 1. The minimum Gasteiger partial charge on any atom is -0.391 e. The molecule has 6 rings (SSSR count). The predicted molar refractivity (Wildman–Crippen MR) is 145 cm³/mol. The van der Waals surface area contributed by atoms with Gasteiger partial charge < -0.3 is 34.3 Å². The van der Waals surface area contributed by atoms with Crippen molar-refractivity contribution in [1.82, 2.24) is 29.7 Å². The molecule has 0 saturated carbocycles. The van der Waals surface area contributed by atoms with E-state index >= 15 is 0 Å². The third kappa shape index (κ3) is 5.31. The lowest BCUT2D eigenvalue weighted by Gasteiger charge is -2.37. The standard InChI is InChI=1S/C28H34FN7O4/c1-28(26(38)36-10-8-20(37)15-36)16-39-25(40-17-28)24-32-22(18-3-5-19(29)6-4-18)23(33-24)21-7-9-30-27(31-21)35-13-11-34(2)12-14-35/h3-7,9,20,25,37H,8,10-17H2,1-2H3,(H,32,33). The number of nitrogens with one attached hydrogen (secondary N) is 1. The van der Waals surface area contributed by atoms with Gasteiger partial charge in [0, 0.05) is 51.0 Å². The second kappa shape index (κ2) is 10.8. The second-order valence-corrected chi connectivity index (χ2v) is 11.1. The third-order valence-corrected chi connectivity index (χ3v) is 7.82. The van der Waals surface area contributed by atoms with Gasteiger partial charge in [0.2, 0.25) is 18.1 Å². The Morgan fingerprint density at radius 2 is 1.80 bits per heavy atom. The number of carbonyl (C=O) groups excluding carboxylic acids is 1. The number of β-amino-alcohol motifs (C(OH)–C–C–N with tert-alkyl or cyclic N) is 1. The van der Waals surface area contributed by atoms with Crippen LogP contribution in [0.3, 0.4) is 0 Å². The molecular formula is C28H34FN7O4. The zero-order chi connectivity index (χ0) is 27.9. The molecule has 1 unspecified atom stereocenters. The Kier molecular flexibility index (Phi) is 7.26. The summed E-state index contributed by atoms with van der Waals surface area (Å²) in [6, 6.07) is 7.94.